The molecular formula is C13H10ClN3OS. The Morgan fingerprint density at radius 2 is 2.11 bits per heavy atom. The molecule has 0 bridgehead atoms. The summed E-state index contributed by atoms with van der Waals surface area (Å²) >= 11 is 7.71. The van der Waals surface area contributed by atoms with Crippen molar-refractivity contribution in [1.29, 1.82) is 0 Å². The molecule has 0 saturated heterocycles. The molecule has 0 atom stereocenters. The van der Waals surface area contributed by atoms with E-state index in [0.29, 0.717) is 23.2 Å². The molecule has 0 amide bonds. The van der Waals surface area contributed by atoms with Crippen molar-refractivity contribution >= 4 is 22.9 Å². The summed E-state index contributed by atoms with van der Waals surface area (Å²) < 4.78 is 5.23. The minimum absolute atomic E-state index is 0.507. The van der Waals surface area contributed by atoms with Crippen molar-refractivity contribution in [1.82, 2.24) is 15.1 Å². The van der Waals surface area contributed by atoms with Crippen LogP contribution in [0, 0.1) is 6.92 Å². The van der Waals surface area contributed by atoms with Gasteiger partial charge < -0.3 is 4.52 Å². The highest BCUT2D eigenvalue weighted by Gasteiger charge is 2.12. The van der Waals surface area contributed by atoms with Crippen LogP contribution < -0.4 is 0 Å². The standard InChI is InChI=1S/C13H10ClN3OS/c1-8-15-9(7-19-8)6-12-16-13(17-18-12)10-4-2-3-5-11(10)14/h2-5,7H,6H2,1H3. The van der Waals surface area contributed by atoms with Gasteiger partial charge in [-0.25, -0.2) is 4.98 Å². The minimum Gasteiger partial charge on any atom is -0.339 e. The van der Waals surface area contributed by atoms with Crippen LogP contribution in [0.25, 0.3) is 11.4 Å². The van der Waals surface area contributed by atoms with E-state index < -0.39 is 0 Å². The van der Waals surface area contributed by atoms with Gasteiger partial charge in [-0.3, -0.25) is 0 Å². The van der Waals surface area contributed by atoms with Crippen LogP contribution in [0.5, 0.6) is 0 Å². The Morgan fingerprint density at radius 1 is 1.26 bits per heavy atom. The summed E-state index contributed by atoms with van der Waals surface area (Å²) in [6.45, 7) is 1.97. The first kappa shape index (κ1) is 12.3. The highest BCUT2D eigenvalue weighted by molar-refractivity contribution is 7.09. The zero-order valence-corrected chi connectivity index (χ0v) is 11.7. The second kappa shape index (κ2) is 5.11. The summed E-state index contributed by atoms with van der Waals surface area (Å²) in [4.78, 5) is 8.72. The van der Waals surface area contributed by atoms with Crippen LogP contribution in [0.15, 0.2) is 34.2 Å². The Hall–Kier alpha value is -1.72. The van der Waals surface area contributed by atoms with E-state index in [2.05, 4.69) is 15.1 Å². The largest absolute Gasteiger partial charge is 0.339 e. The summed E-state index contributed by atoms with van der Waals surface area (Å²) in [5.74, 6) is 1.05. The molecule has 6 heteroatoms. The Morgan fingerprint density at radius 3 is 2.84 bits per heavy atom. The summed E-state index contributed by atoms with van der Waals surface area (Å²) in [6.07, 6.45) is 0.543. The first-order chi connectivity index (χ1) is 9.22. The molecule has 0 fully saturated rings. The number of aromatic nitrogens is 3. The topological polar surface area (TPSA) is 51.8 Å². The number of nitrogens with zero attached hydrogens (tertiary/aromatic N) is 3. The van der Waals surface area contributed by atoms with Gasteiger partial charge in [0, 0.05) is 10.9 Å². The van der Waals surface area contributed by atoms with E-state index in [0.717, 1.165) is 16.3 Å². The van der Waals surface area contributed by atoms with E-state index in [1.54, 1.807) is 17.4 Å². The van der Waals surface area contributed by atoms with E-state index in [1.165, 1.54) is 0 Å². The van der Waals surface area contributed by atoms with Gasteiger partial charge in [-0.05, 0) is 19.1 Å². The lowest BCUT2D eigenvalue weighted by molar-refractivity contribution is 0.385. The number of hydrogen-bond acceptors (Lipinski definition) is 5. The van der Waals surface area contributed by atoms with E-state index in [9.17, 15) is 0 Å². The maximum absolute atomic E-state index is 6.10. The van der Waals surface area contributed by atoms with E-state index in [4.69, 9.17) is 16.1 Å². The van der Waals surface area contributed by atoms with Crippen molar-refractivity contribution in [3.05, 3.63) is 51.3 Å². The molecule has 0 spiro atoms. The zero-order chi connectivity index (χ0) is 13.2. The average molecular weight is 292 g/mol. The summed E-state index contributed by atoms with van der Waals surface area (Å²) in [7, 11) is 0. The van der Waals surface area contributed by atoms with Gasteiger partial charge in [0.05, 0.1) is 22.1 Å². The monoisotopic (exact) mass is 291 g/mol. The van der Waals surface area contributed by atoms with Crippen molar-refractivity contribution in [2.75, 3.05) is 0 Å². The first-order valence-electron chi connectivity index (χ1n) is 5.71. The van der Waals surface area contributed by atoms with Crippen LogP contribution in [0.1, 0.15) is 16.6 Å². The maximum atomic E-state index is 6.10. The van der Waals surface area contributed by atoms with Crippen molar-refractivity contribution < 1.29 is 4.52 Å². The Bertz CT molecular complexity index is 707. The zero-order valence-electron chi connectivity index (χ0n) is 10.1. The van der Waals surface area contributed by atoms with E-state index in [-0.39, 0.29) is 0 Å². The molecule has 0 N–H and O–H groups in total. The Labute approximate surface area is 119 Å². The molecule has 0 saturated carbocycles. The molecule has 0 aliphatic rings. The van der Waals surface area contributed by atoms with Crippen molar-refractivity contribution in [3.8, 4) is 11.4 Å². The number of thiazole rings is 1. The third-order valence-corrected chi connectivity index (χ3v) is 3.73. The number of benzene rings is 1. The molecule has 3 rings (SSSR count). The third kappa shape index (κ3) is 2.67. The van der Waals surface area contributed by atoms with Crippen molar-refractivity contribution in [2.45, 2.75) is 13.3 Å². The molecule has 2 heterocycles. The lowest BCUT2D eigenvalue weighted by atomic mass is 10.2. The fourth-order valence-corrected chi connectivity index (χ4v) is 2.56. The molecule has 96 valence electrons. The normalized spacial score (nSPS) is 10.8. The number of rotatable bonds is 3. The molecule has 0 unspecified atom stereocenters. The average Bonchev–Trinajstić information content (AvgIpc) is 3.00. The number of aryl methyl sites for hydroxylation is 1. The van der Waals surface area contributed by atoms with Gasteiger partial charge in [0.1, 0.15) is 0 Å². The Balaban J connectivity index is 1.86. The SMILES string of the molecule is Cc1nc(Cc2nc(-c3ccccc3Cl)no2)cs1. The van der Waals surface area contributed by atoms with Gasteiger partial charge >= 0.3 is 0 Å². The summed E-state index contributed by atoms with van der Waals surface area (Å²) in [5.41, 5.74) is 1.71. The van der Waals surface area contributed by atoms with Crippen LogP contribution in [0.2, 0.25) is 5.02 Å². The van der Waals surface area contributed by atoms with Gasteiger partial charge in [0.25, 0.3) is 0 Å². The molecule has 19 heavy (non-hydrogen) atoms. The molecule has 1 aromatic carbocycles. The van der Waals surface area contributed by atoms with Crippen LogP contribution >= 0.6 is 22.9 Å². The van der Waals surface area contributed by atoms with E-state index >= 15 is 0 Å². The quantitative estimate of drug-likeness (QED) is 0.737. The lowest BCUT2D eigenvalue weighted by Crippen LogP contribution is -1.89. The van der Waals surface area contributed by atoms with Crippen molar-refractivity contribution in [3.63, 3.8) is 0 Å². The molecule has 0 aliphatic heterocycles. The van der Waals surface area contributed by atoms with Gasteiger partial charge in [-0.15, -0.1) is 11.3 Å². The summed E-state index contributed by atoms with van der Waals surface area (Å²) in [6, 6.07) is 7.42. The highest BCUT2D eigenvalue weighted by atomic mass is 35.5. The molecule has 0 radical (unpaired) electrons. The van der Waals surface area contributed by atoms with Crippen LogP contribution in [-0.4, -0.2) is 15.1 Å². The van der Waals surface area contributed by atoms with Gasteiger partial charge in [0.15, 0.2) is 0 Å². The number of halogens is 1. The summed E-state index contributed by atoms with van der Waals surface area (Å²) in [5, 5.41) is 7.59. The second-order valence-corrected chi connectivity index (χ2v) is 5.50. The molecule has 2 aromatic heterocycles. The highest BCUT2D eigenvalue weighted by Crippen LogP contribution is 2.25. The van der Waals surface area contributed by atoms with Crippen LogP contribution in [-0.2, 0) is 6.42 Å². The van der Waals surface area contributed by atoms with Crippen molar-refractivity contribution in [2.24, 2.45) is 0 Å². The van der Waals surface area contributed by atoms with Crippen LogP contribution in [0.3, 0.4) is 0 Å². The smallest absolute Gasteiger partial charge is 0.233 e. The maximum Gasteiger partial charge on any atom is 0.233 e. The molecule has 4 nitrogen and oxygen atoms in total. The van der Waals surface area contributed by atoms with Gasteiger partial charge in [-0.1, -0.05) is 28.9 Å². The molecule has 0 aliphatic carbocycles. The number of hydrogen-bond donors (Lipinski definition) is 0. The first-order valence-corrected chi connectivity index (χ1v) is 6.96. The minimum atomic E-state index is 0.507. The van der Waals surface area contributed by atoms with Gasteiger partial charge in [0.2, 0.25) is 11.7 Å². The van der Waals surface area contributed by atoms with E-state index in [1.807, 2.05) is 30.5 Å². The fourth-order valence-electron chi connectivity index (χ4n) is 1.72. The third-order valence-electron chi connectivity index (χ3n) is 2.58. The lowest BCUT2D eigenvalue weighted by Gasteiger charge is -1.95. The second-order valence-electron chi connectivity index (χ2n) is 4.03. The van der Waals surface area contributed by atoms with Crippen LogP contribution in [0.4, 0.5) is 0 Å². The predicted molar refractivity (Wildman–Crippen MR) is 74.4 cm³/mol. The fraction of sp³-hybridized carbons (Fsp3) is 0.154. The Kier molecular flexibility index (Phi) is 3.31. The predicted octanol–water partition coefficient (Wildman–Crippen LogP) is 3.75. The molecular weight excluding hydrogens is 282 g/mol. The van der Waals surface area contributed by atoms with Gasteiger partial charge in [-0.2, -0.15) is 4.98 Å². The molecule has 3 aromatic rings.